The Hall–Kier alpha value is -1.30. The van der Waals surface area contributed by atoms with Crippen molar-refractivity contribution in [2.45, 2.75) is 38.3 Å². The SMILES string of the molecule is CC1COCCN1C(=O)N1CCCC1CC(=O)O. The van der Waals surface area contributed by atoms with Gasteiger partial charge in [-0.2, -0.15) is 0 Å². The van der Waals surface area contributed by atoms with Gasteiger partial charge in [-0.3, -0.25) is 4.79 Å². The summed E-state index contributed by atoms with van der Waals surface area (Å²) in [5.41, 5.74) is 0. The predicted octanol–water partition coefficient (Wildman–Crippen LogP) is 0.766. The van der Waals surface area contributed by atoms with E-state index in [9.17, 15) is 9.59 Å². The number of likely N-dealkylation sites (tertiary alicyclic amines) is 1. The number of carbonyl (C=O) groups is 2. The van der Waals surface area contributed by atoms with E-state index < -0.39 is 5.97 Å². The molecule has 2 saturated heterocycles. The third-order valence-corrected chi connectivity index (χ3v) is 3.65. The van der Waals surface area contributed by atoms with Crippen molar-refractivity contribution in [3.05, 3.63) is 0 Å². The van der Waals surface area contributed by atoms with Crippen molar-refractivity contribution in [1.29, 1.82) is 0 Å². The Morgan fingerprint density at radius 1 is 1.33 bits per heavy atom. The number of carbonyl (C=O) groups excluding carboxylic acids is 1. The summed E-state index contributed by atoms with van der Waals surface area (Å²) in [5, 5.41) is 8.86. The number of morpholine rings is 1. The third kappa shape index (κ3) is 2.75. The number of carboxylic acids is 1. The van der Waals surface area contributed by atoms with Crippen molar-refractivity contribution < 1.29 is 19.4 Å². The summed E-state index contributed by atoms with van der Waals surface area (Å²) in [6.45, 7) is 4.34. The maximum atomic E-state index is 12.4. The van der Waals surface area contributed by atoms with Gasteiger partial charge in [-0.05, 0) is 19.8 Å². The Kier molecular flexibility index (Phi) is 4.06. The van der Waals surface area contributed by atoms with E-state index in [2.05, 4.69) is 0 Å². The third-order valence-electron chi connectivity index (χ3n) is 3.65. The second-order valence-electron chi connectivity index (χ2n) is 4.99. The van der Waals surface area contributed by atoms with Gasteiger partial charge in [-0.15, -0.1) is 0 Å². The largest absolute Gasteiger partial charge is 0.481 e. The highest BCUT2D eigenvalue weighted by molar-refractivity contribution is 5.77. The Morgan fingerprint density at radius 3 is 2.78 bits per heavy atom. The predicted molar refractivity (Wildman–Crippen MR) is 64.4 cm³/mol. The van der Waals surface area contributed by atoms with Gasteiger partial charge in [0, 0.05) is 19.1 Å². The van der Waals surface area contributed by atoms with Gasteiger partial charge in [0.25, 0.3) is 0 Å². The van der Waals surface area contributed by atoms with Crippen LogP contribution in [0.1, 0.15) is 26.2 Å². The maximum Gasteiger partial charge on any atom is 0.320 e. The van der Waals surface area contributed by atoms with Crippen LogP contribution < -0.4 is 0 Å². The second kappa shape index (κ2) is 5.56. The van der Waals surface area contributed by atoms with E-state index in [1.807, 2.05) is 6.92 Å². The number of ether oxygens (including phenoxy) is 1. The van der Waals surface area contributed by atoms with E-state index in [1.54, 1.807) is 9.80 Å². The first-order valence-electron chi connectivity index (χ1n) is 6.46. The maximum absolute atomic E-state index is 12.4. The number of hydrogen-bond donors (Lipinski definition) is 1. The number of rotatable bonds is 2. The minimum absolute atomic E-state index is 0.0328. The lowest BCUT2D eigenvalue weighted by Gasteiger charge is -2.37. The molecule has 2 rings (SSSR count). The van der Waals surface area contributed by atoms with Crippen molar-refractivity contribution in [2.24, 2.45) is 0 Å². The summed E-state index contributed by atoms with van der Waals surface area (Å²) >= 11 is 0. The average molecular weight is 256 g/mol. The molecule has 6 heteroatoms. The van der Waals surface area contributed by atoms with Crippen molar-refractivity contribution in [2.75, 3.05) is 26.3 Å². The summed E-state index contributed by atoms with van der Waals surface area (Å²) in [6.07, 6.45) is 1.73. The van der Waals surface area contributed by atoms with E-state index in [1.165, 1.54) is 0 Å². The Labute approximate surface area is 106 Å². The highest BCUT2D eigenvalue weighted by Gasteiger charge is 2.35. The molecule has 102 valence electrons. The first-order valence-corrected chi connectivity index (χ1v) is 6.46. The normalized spacial score (nSPS) is 28.5. The molecule has 2 heterocycles. The molecule has 2 aliphatic heterocycles. The molecule has 1 N–H and O–H groups in total. The van der Waals surface area contributed by atoms with Crippen molar-refractivity contribution >= 4 is 12.0 Å². The van der Waals surface area contributed by atoms with E-state index in [0.29, 0.717) is 26.3 Å². The van der Waals surface area contributed by atoms with Gasteiger partial charge < -0.3 is 19.6 Å². The van der Waals surface area contributed by atoms with Crippen LogP contribution in [0.25, 0.3) is 0 Å². The molecule has 2 atom stereocenters. The molecule has 0 aliphatic carbocycles. The van der Waals surface area contributed by atoms with E-state index in [-0.39, 0.29) is 24.5 Å². The van der Waals surface area contributed by atoms with Gasteiger partial charge in [0.2, 0.25) is 0 Å². The van der Waals surface area contributed by atoms with Crippen LogP contribution in [0, 0.1) is 0 Å². The van der Waals surface area contributed by atoms with Crippen LogP contribution in [-0.4, -0.2) is 65.3 Å². The molecule has 0 spiro atoms. The number of amides is 2. The number of carboxylic acid groups (broad SMARTS) is 1. The molecule has 0 aromatic carbocycles. The van der Waals surface area contributed by atoms with Gasteiger partial charge in [-0.25, -0.2) is 4.79 Å². The molecular weight excluding hydrogens is 236 g/mol. The summed E-state index contributed by atoms with van der Waals surface area (Å²) in [7, 11) is 0. The van der Waals surface area contributed by atoms with Gasteiger partial charge >= 0.3 is 12.0 Å². The van der Waals surface area contributed by atoms with Crippen LogP contribution in [-0.2, 0) is 9.53 Å². The van der Waals surface area contributed by atoms with Gasteiger partial charge in [0.1, 0.15) is 0 Å². The Bertz CT molecular complexity index is 334. The van der Waals surface area contributed by atoms with Crippen LogP contribution >= 0.6 is 0 Å². The quantitative estimate of drug-likeness (QED) is 0.792. The standard InChI is InChI=1S/C12H20N2O4/c1-9-8-18-6-5-13(9)12(17)14-4-2-3-10(14)7-11(15)16/h9-10H,2-8H2,1H3,(H,15,16). The number of urea groups is 1. The zero-order valence-corrected chi connectivity index (χ0v) is 10.7. The van der Waals surface area contributed by atoms with E-state index in [4.69, 9.17) is 9.84 Å². The molecule has 2 unspecified atom stereocenters. The molecule has 18 heavy (non-hydrogen) atoms. The van der Waals surface area contributed by atoms with E-state index >= 15 is 0 Å². The van der Waals surface area contributed by atoms with Gasteiger partial charge in [0.05, 0.1) is 25.7 Å². The topological polar surface area (TPSA) is 70.1 Å². The van der Waals surface area contributed by atoms with Gasteiger partial charge in [-0.1, -0.05) is 0 Å². The minimum atomic E-state index is -0.838. The molecule has 2 aliphatic rings. The number of nitrogens with zero attached hydrogens (tertiary/aromatic N) is 2. The Morgan fingerprint density at radius 2 is 2.11 bits per heavy atom. The molecule has 0 bridgehead atoms. The fourth-order valence-electron chi connectivity index (χ4n) is 2.68. The lowest BCUT2D eigenvalue weighted by atomic mass is 10.1. The molecular formula is C12H20N2O4. The van der Waals surface area contributed by atoms with Crippen LogP contribution in [0.5, 0.6) is 0 Å². The van der Waals surface area contributed by atoms with Crippen molar-refractivity contribution in [3.63, 3.8) is 0 Å². The highest BCUT2D eigenvalue weighted by Crippen LogP contribution is 2.23. The summed E-state index contributed by atoms with van der Waals surface area (Å²) < 4.78 is 5.31. The van der Waals surface area contributed by atoms with Crippen molar-refractivity contribution in [3.8, 4) is 0 Å². The monoisotopic (exact) mass is 256 g/mol. The molecule has 6 nitrogen and oxygen atoms in total. The molecule has 0 aromatic heterocycles. The molecule has 0 saturated carbocycles. The number of aliphatic carboxylic acids is 1. The van der Waals surface area contributed by atoms with E-state index in [0.717, 1.165) is 12.8 Å². The molecule has 2 amide bonds. The first kappa shape index (κ1) is 13.1. The summed E-state index contributed by atoms with van der Waals surface area (Å²) in [5.74, 6) is -0.838. The van der Waals surface area contributed by atoms with Crippen LogP contribution in [0.15, 0.2) is 0 Å². The van der Waals surface area contributed by atoms with Gasteiger partial charge in [0.15, 0.2) is 0 Å². The zero-order chi connectivity index (χ0) is 13.1. The molecule has 0 radical (unpaired) electrons. The Balaban J connectivity index is 2.00. The fourth-order valence-corrected chi connectivity index (χ4v) is 2.68. The fraction of sp³-hybridized carbons (Fsp3) is 0.833. The summed E-state index contributed by atoms with van der Waals surface area (Å²) in [6, 6.07) is -0.114. The highest BCUT2D eigenvalue weighted by atomic mass is 16.5. The first-order chi connectivity index (χ1) is 8.59. The zero-order valence-electron chi connectivity index (χ0n) is 10.7. The molecule has 0 aromatic rings. The smallest absolute Gasteiger partial charge is 0.320 e. The second-order valence-corrected chi connectivity index (χ2v) is 4.99. The lowest BCUT2D eigenvalue weighted by Crippen LogP contribution is -2.53. The van der Waals surface area contributed by atoms with Crippen LogP contribution in [0.3, 0.4) is 0 Å². The molecule has 2 fully saturated rings. The van der Waals surface area contributed by atoms with Crippen LogP contribution in [0.4, 0.5) is 4.79 Å². The average Bonchev–Trinajstić information content (AvgIpc) is 2.76. The van der Waals surface area contributed by atoms with Crippen LogP contribution in [0.2, 0.25) is 0 Å². The van der Waals surface area contributed by atoms with Crippen molar-refractivity contribution in [1.82, 2.24) is 9.80 Å². The summed E-state index contributed by atoms with van der Waals surface area (Å²) in [4.78, 5) is 26.7. The number of hydrogen-bond acceptors (Lipinski definition) is 3. The minimum Gasteiger partial charge on any atom is -0.481 e. The lowest BCUT2D eigenvalue weighted by molar-refractivity contribution is -0.138.